The van der Waals surface area contributed by atoms with Crippen LogP contribution in [-0.4, -0.2) is 12.8 Å². The van der Waals surface area contributed by atoms with E-state index in [0.717, 1.165) is 31.7 Å². The summed E-state index contributed by atoms with van der Waals surface area (Å²) in [6, 6.07) is 2.17. The number of nitrogens with one attached hydrogen (secondary N) is 1. The molecule has 0 aliphatic heterocycles. The van der Waals surface area contributed by atoms with Gasteiger partial charge in [-0.15, -0.1) is 0 Å². The maximum atomic E-state index is 13.7. The summed E-state index contributed by atoms with van der Waals surface area (Å²) in [6.07, 6.45) is 3.68. The van der Waals surface area contributed by atoms with E-state index in [2.05, 4.69) is 17.5 Å². The van der Waals surface area contributed by atoms with E-state index in [1.165, 1.54) is 6.07 Å². The predicted molar refractivity (Wildman–Crippen MR) is 75.2 cm³/mol. The fraction of sp³-hybridized carbons (Fsp3) is 0.500. The summed E-state index contributed by atoms with van der Waals surface area (Å²) >= 11 is 3.88. The van der Waals surface area contributed by atoms with Crippen LogP contribution in [0, 0.1) is 24.5 Å². The highest BCUT2D eigenvalue weighted by Crippen LogP contribution is 2.21. The normalized spacial score (nSPS) is 12.4. The van der Waals surface area contributed by atoms with Crippen LogP contribution in [0.15, 0.2) is 12.1 Å². The first kappa shape index (κ1) is 16.1. The molecule has 1 aromatic carbocycles. The van der Waals surface area contributed by atoms with Crippen LogP contribution in [0.25, 0.3) is 0 Å². The number of benzene rings is 1. The van der Waals surface area contributed by atoms with Crippen LogP contribution in [0.2, 0.25) is 0 Å². The maximum absolute atomic E-state index is 13.7. The molecule has 19 heavy (non-hydrogen) atoms. The van der Waals surface area contributed by atoms with Gasteiger partial charge in [-0.1, -0.05) is 19.2 Å². The minimum Gasteiger partial charge on any atom is -0.303 e. The second-order valence-corrected chi connectivity index (χ2v) is 5.00. The fourth-order valence-electron chi connectivity index (χ4n) is 2.08. The van der Waals surface area contributed by atoms with E-state index in [1.54, 1.807) is 6.92 Å². The lowest BCUT2D eigenvalue weighted by Gasteiger charge is -2.13. The molecule has 0 aromatic heterocycles. The number of hydrogen-bond acceptors (Lipinski definition) is 3. The van der Waals surface area contributed by atoms with Gasteiger partial charge in [0.15, 0.2) is 0 Å². The van der Waals surface area contributed by atoms with Crippen molar-refractivity contribution in [2.45, 2.75) is 32.6 Å². The molecule has 0 heterocycles. The molecule has 0 aliphatic rings. The first-order chi connectivity index (χ1) is 9.08. The zero-order valence-corrected chi connectivity index (χ0v) is 11.9. The molecule has 0 fully saturated rings. The lowest BCUT2D eigenvalue weighted by molar-refractivity contribution is -0.111. The highest BCUT2D eigenvalue weighted by Gasteiger charge is 2.14. The Bertz CT molecular complexity index is 403. The number of thiol groups is 1. The molecule has 0 radical (unpaired) electrons. The molecule has 0 aliphatic carbocycles. The van der Waals surface area contributed by atoms with E-state index in [-0.39, 0.29) is 5.92 Å². The number of aldehydes is 1. The molecular weight excluding hydrogens is 268 g/mol. The van der Waals surface area contributed by atoms with Crippen LogP contribution in [-0.2, 0) is 11.2 Å². The van der Waals surface area contributed by atoms with Crippen LogP contribution in [0.4, 0.5) is 8.78 Å². The second-order valence-electron chi connectivity index (χ2n) is 4.69. The largest absolute Gasteiger partial charge is 0.303 e. The van der Waals surface area contributed by atoms with Crippen molar-refractivity contribution in [3.63, 3.8) is 0 Å². The van der Waals surface area contributed by atoms with E-state index in [1.807, 2.05) is 0 Å². The lowest BCUT2D eigenvalue weighted by Crippen LogP contribution is -2.10. The molecule has 5 heteroatoms. The summed E-state index contributed by atoms with van der Waals surface area (Å²) in [6.45, 7) is 2.44. The molecule has 1 aromatic rings. The van der Waals surface area contributed by atoms with Gasteiger partial charge in [0.05, 0.1) is 0 Å². The van der Waals surface area contributed by atoms with Crippen LogP contribution in [0.1, 0.15) is 30.4 Å². The zero-order valence-electron chi connectivity index (χ0n) is 11.0. The Morgan fingerprint density at radius 3 is 2.68 bits per heavy atom. The molecule has 1 N–H and O–H groups in total. The quantitative estimate of drug-likeness (QED) is 0.437. The number of halogens is 2. The first-order valence-electron chi connectivity index (χ1n) is 6.35. The summed E-state index contributed by atoms with van der Waals surface area (Å²) < 4.78 is 29.4. The summed E-state index contributed by atoms with van der Waals surface area (Å²) in [5.41, 5.74) is 0.993. The topological polar surface area (TPSA) is 29.1 Å². The summed E-state index contributed by atoms with van der Waals surface area (Å²) in [5.74, 6) is -1.37. The molecule has 1 unspecified atom stereocenters. The van der Waals surface area contributed by atoms with Crippen LogP contribution in [0.5, 0.6) is 0 Å². The van der Waals surface area contributed by atoms with Crippen LogP contribution >= 0.6 is 12.8 Å². The van der Waals surface area contributed by atoms with Crippen molar-refractivity contribution in [2.75, 3.05) is 6.54 Å². The molecule has 1 rings (SSSR count). The van der Waals surface area contributed by atoms with Gasteiger partial charge in [0.2, 0.25) is 0 Å². The maximum Gasteiger partial charge on any atom is 0.129 e. The third-order valence-electron chi connectivity index (χ3n) is 3.16. The second kappa shape index (κ2) is 8.27. The third kappa shape index (κ3) is 5.28. The van der Waals surface area contributed by atoms with E-state index in [9.17, 15) is 13.6 Å². The Morgan fingerprint density at radius 2 is 2.11 bits per heavy atom. The summed E-state index contributed by atoms with van der Waals surface area (Å²) in [4.78, 5) is 11.0. The molecule has 0 amide bonds. The highest BCUT2D eigenvalue weighted by molar-refractivity contribution is 7.78. The molecule has 1 atom stereocenters. The van der Waals surface area contributed by atoms with Crippen molar-refractivity contribution < 1.29 is 13.6 Å². The smallest absolute Gasteiger partial charge is 0.129 e. The third-order valence-corrected chi connectivity index (χ3v) is 3.38. The summed E-state index contributed by atoms with van der Waals surface area (Å²) in [7, 11) is 0. The van der Waals surface area contributed by atoms with Gasteiger partial charge < -0.3 is 4.79 Å². The summed E-state index contributed by atoms with van der Waals surface area (Å²) in [5, 5.41) is 0. The van der Waals surface area contributed by atoms with Gasteiger partial charge in [0.25, 0.3) is 0 Å². The Balaban J connectivity index is 2.63. The van der Waals surface area contributed by atoms with Crippen molar-refractivity contribution in [2.24, 2.45) is 5.92 Å². The minimum atomic E-state index is -0.582. The van der Waals surface area contributed by atoms with Gasteiger partial charge in [0.1, 0.15) is 17.9 Å². The van der Waals surface area contributed by atoms with E-state index in [4.69, 9.17) is 0 Å². The van der Waals surface area contributed by atoms with Crippen molar-refractivity contribution in [3.8, 4) is 0 Å². The van der Waals surface area contributed by atoms with Gasteiger partial charge in [-0.2, -0.15) is 0 Å². The van der Waals surface area contributed by atoms with Crippen LogP contribution in [0.3, 0.4) is 0 Å². The Kier molecular flexibility index (Phi) is 7.02. The Morgan fingerprint density at radius 1 is 1.37 bits per heavy atom. The van der Waals surface area contributed by atoms with E-state index >= 15 is 0 Å². The van der Waals surface area contributed by atoms with Gasteiger partial charge >= 0.3 is 0 Å². The monoisotopic (exact) mass is 287 g/mol. The Hall–Kier alpha value is -0.940. The number of aryl methyl sites for hydroxylation is 1. The van der Waals surface area contributed by atoms with Crippen molar-refractivity contribution in [1.82, 2.24) is 4.72 Å². The van der Waals surface area contributed by atoms with Gasteiger partial charge in [0, 0.05) is 18.5 Å². The predicted octanol–water partition coefficient (Wildman–Crippen LogP) is 3.24. The number of hydrogen-bond donors (Lipinski definition) is 2. The molecule has 0 spiro atoms. The van der Waals surface area contributed by atoms with E-state index in [0.29, 0.717) is 24.0 Å². The molecular formula is C14H19F2NOS. The SMILES string of the molecule is Cc1cc(F)cc(F)c1CC(C=O)CCCCNS. The lowest BCUT2D eigenvalue weighted by atomic mass is 9.92. The van der Waals surface area contributed by atoms with Crippen molar-refractivity contribution in [1.29, 1.82) is 0 Å². The van der Waals surface area contributed by atoms with Crippen molar-refractivity contribution in [3.05, 3.63) is 34.9 Å². The fourth-order valence-corrected chi connectivity index (χ4v) is 2.24. The number of rotatable bonds is 8. The van der Waals surface area contributed by atoms with Gasteiger partial charge in [-0.3, -0.25) is 4.72 Å². The molecule has 0 saturated heterocycles. The number of carbonyl (C=O) groups is 1. The van der Waals surface area contributed by atoms with Gasteiger partial charge in [-0.25, -0.2) is 8.78 Å². The Labute approximate surface area is 118 Å². The van der Waals surface area contributed by atoms with Crippen molar-refractivity contribution >= 4 is 19.1 Å². The molecule has 0 saturated carbocycles. The zero-order chi connectivity index (χ0) is 14.3. The van der Waals surface area contributed by atoms with Gasteiger partial charge in [-0.05, 0) is 43.4 Å². The average Bonchev–Trinajstić information content (AvgIpc) is 2.36. The molecule has 2 nitrogen and oxygen atoms in total. The molecule has 0 bridgehead atoms. The number of unbranched alkanes of at least 4 members (excludes halogenated alkanes) is 1. The number of carbonyl (C=O) groups excluding carboxylic acids is 1. The van der Waals surface area contributed by atoms with Crippen LogP contribution < -0.4 is 4.72 Å². The highest BCUT2D eigenvalue weighted by atomic mass is 32.1. The minimum absolute atomic E-state index is 0.224. The first-order valence-corrected chi connectivity index (χ1v) is 6.80. The standard InChI is InChI=1S/C14H19F2NOS/c1-10-6-12(15)8-14(16)13(10)7-11(9-18)4-2-3-5-17-19/h6,8-9,11,17,19H,2-5,7H2,1H3. The average molecular weight is 287 g/mol. The van der Waals surface area contributed by atoms with E-state index < -0.39 is 11.6 Å². The molecule has 106 valence electrons.